The van der Waals surface area contributed by atoms with E-state index in [1.165, 1.54) is 19.3 Å². The van der Waals surface area contributed by atoms with Crippen LogP contribution in [0.3, 0.4) is 0 Å². The van der Waals surface area contributed by atoms with Gasteiger partial charge in [-0.05, 0) is 37.6 Å². The van der Waals surface area contributed by atoms with E-state index >= 15 is 0 Å². The molecule has 0 saturated heterocycles. The maximum absolute atomic E-state index is 12.3. The average Bonchev–Trinajstić information content (AvgIpc) is 2.39. The Labute approximate surface area is 124 Å². The third-order valence-corrected chi connectivity index (χ3v) is 4.66. The van der Waals surface area contributed by atoms with Crippen LogP contribution in [0.1, 0.15) is 44.1 Å². The van der Waals surface area contributed by atoms with Crippen molar-refractivity contribution in [3.63, 3.8) is 0 Å². The lowest BCUT2D eigenvalue weighted by molar-refractivity contribution is -0.120. The predicted molar refractivity (Wildman–Crippen MR) is 82.3 cm³/mol. The topological polar surface area (TPSA) is 29.1 Å². The Hall–Kier alpha value is -0.670. The highest BCUT2D eigenvalue weighted by Crippen LogP contribution is 2.31. The summed E-state index contributed by atoms with van der Waals surface area (Å²) in [6.45, 7) is 0. The first-order valence-electron chi connectivity index (χ1n) is 7.09. The van der Waals surface area contributed by atoms with Crippen LogP contribution >= 0.6 is 15.9 Å². The fourth-order valence-electron chi connectivity index (χ4n) is 3.06. The van der Waals surface area contributed by atoms with Crippen LogP contribution in [0.5, 0.6) is 0 Å². The Balaban J connectivity index is 1.96. The molecule has 0 aromatic heterocycles. The van der Waals surface area contributed by atoms with Crippen molar-refractivity contribution in [2.24, 2.45) is 0 Å². The molecule has 0 spiro atoms. The summed E-state index contributed by atoms with van der Waals surface area (Å²) in [6, 6.07) is 8.03. The van der Waals surface area contributed by atoms with Crippen molar-refractivity contribution in [3.05, 3.63) is 34.3 Å². The normalized spacial score (nSPS) is 18.2. The molecule has 0 heterocycles. The minimum absolute atomic E-state index is 0.0569. The molecule has 1 saturated carbocycles. The molecule has 2 rings (SSSR count). The molecule has 0 unspecified atom stereocenters. The Morgan fingerprint density at radius 3 is 2.68 bits per heavy atom. The van der Waals surface area contributed by atoms with Crippen LogP contribution in [0.4, 0.5) is 0 Å². The standard InChI is InChI=1S/C16H22BrNO/c1-18-16(8-3-2-4-9-16)12-15(19)11-13-6-5-7-14(17)10-13/h5-7,10,18H,2-4,8-9,11-12H2,1H3. The van der Waals surface area contributed by atoms with E-state index in [1.807, 2.05) is 31.3 Å². The van der Waals surface area contributed by atoms with Crippen LogP contribution in [0, 0.1) is 0 Å². The number of Topliss-reactive ketones (excluding diaryl/α,β-unsaturated/α-hetero) is 1. The Morgan fingerprint density at radius 1 is 1.32 bits per heavy atom. The quantitative estimate of drug-likeness (QED) is 0.891. The Kier molecular flexibility index (Phi) is 5.17. The molecule has 1 aromatic rings. The number of hydrogen-bond donors (Lipinski definition) is 1. The van der Waals surface area contributed by atoms with Crippen molar-refractivity contribution < 1.29 is 4.79 Å². The third-order valence-electron chi connectivity index (χ3n) is 4.17. The zero-order valence-corrected chi connectivity index (χ0v) is 13.1. The molecule has 0 aliphatic heterocycles. The molecule has 0 atom stereocenters. The van der Waals surface area contributed by atoms with E-state index in [0.29, 0.717) is 18.6 Å². The van der Waals surface area contributed by atoms with Gasteiger partial charge in [-0.1, -0.05) is 47.3 Å². The van der Waals surface area contributed by atoms with Gasteiger partial charge in [0.2, 0.25) is 0 Å². The van der Waals surface area contributed by atoms with Crippen molar-refractivity contribution in [2.45, 2.75) is 50.5 Å². The molecule has 19 heavy (non-hydrogen) atoms. The Bertz CT molecular complexity index is 438. The van der Waals surface area contributed by atoms with Crippen LogP contribution in [-0.2, 0) is 11.2 Å². The molecule has 1 aromatic carbocycles. The number of nitrogens with one attached hydrogen (secondary N) is 1. The second-order valence-electron chi connectivity index (χ2n) is 5.61. The maximum Gasteiger partial charge on any atom is 0.139 e. The molecule has 0 amide bonds. The number of rotatable bonds is 5. The van der Waals surface area contributed by atoms with E-state index < -0.39 is 0 Å². The average molecular weight is 324 g/mol. The summed E-state index contributed by atoms with van der Waals surface area (Å²) >= 11 is 3.45. The maximum atomic E-state index is 12.3. The summed E-state index contributed by atoms with van der Waals surface area (Å²) in [5.74, 6) is 0.342. The van der Waals surface area contributed by atoms with E-state index in [1.54, 1.807) is 0 Å². The van der Waals surface area contributed by atoms with E-state index in [9.17, 15) is 4.79 Å². The van der Waals surface area contributed by atoms with Gasteiger partial charge >= 0.3 is 0 Å². The second kappa shape index (κ2) is 6.67. The van der Waals surface area contributed by atoms with Crippen LogP contribution in [0.2, 0.25) is 0 Å². The van der Waals surface area contributed by atoms with Gasteiger partial charge in [0, 0.05) is 22.9 Å². The molecule has 3 heteroatoms. The molecule has 1 aliphatic rings. The highest BCUT2D eigenvalue weighted by Gasteiger charge is 2.32. The van der Waals surface area contributed by atoms with Crippen LogP contribution in [0.25, 0.3) is 0 Å². The lowest BCUT2D eigenvalue weighted by atomic mass is 9.78. The lowest BCUT2D eigenvalue weighted by Crippen LogP contribution is -2.46. The van der Waals surface area contributed by atoms with Crippen molar-refractivity contribution in [1.29, 1.82) is 0 Å². The number of carbonyl (C=O) groups excluding carboxylic acids is 1. The molecule has 1 fully saturated rings. The highest BCUT2D eigenvalue weighted by molar-refractivity contribution is 9.10. The minimum Gasteiger partial charge on any atom is -0.314 e. The lowest BCUT2D eigenvalue weighted by Gasteiger charge is -2.36. The van der Waals surface area contributed by atoms with Crippen molar-refractivity contribution in [1.82, 2.24) is 5.32 Å². The smallest absolute Gasteiger partial charge is 0.139 e. The Morgan fingerprint density at radius 2 is 2.05 bits per heavy atom. The largest absolute Gasteiger partial charge is 0.314 e. The first-order chi connectivity index (χ1) is 9.13. The van der Waals surface area contributed by atoms with Gasteiger partial charge in [0.05, 0.1) is 0 Å². The summed E-state index contributed by atoms with van der Waals surface area (Å²) in [4.78, 5) is 12.3. The number of carbonyl (C=O) groups is 1. The van der Waals surface area contributed by atoms with Gasteiger partial charge < -0.3 is 5.32 Å². The van der Waals surface area contributed by atoms with Crippen LogP contribution in [-0.4, -0.2) is 18.4 Å². The van der Waals surface area contributed by atoms with Gasteiger partial charge in [0.1, 0.15) is 5.78 Å². The second-order valence-corrected chi connectivity index (χ2v) is 6.53. The van der Waals surface area contributed by atoms with Gasteiger partial charge in [-0.3, -0.25) is 4.79 Å². The first kappa shape index (κ1) is 14.7. The van der Waals surface area contributed by atoms with Gasteiger partial charge in [0.25, 0.3) is 0 Å². The number of hydrogen-bond acceptors (Lipinski definition) is 2. The van der Waals surface area contributed by atoms with Gasteiger partial charge in [0.15, 0.2) is 0 Å². The molecule has 0 radical (unpaired) electrons. The molecular weight excluding hydrogens is 302 g/mol. The van der Waals surface area contributed by atoms with E-state index in [-0.39, 0.29) is 5.54 Å². The minimum atomic E-state index is 0.0569. The molecular formula is C16H22BrNO. The van der Waals surface area contributed by atoms with Gasteiger partial charge in [-0.2, -0.15) is 0 Å². The molecule has 0 bridgehead atoms. The summed E-state index contributed by atoms with van der Waals surface area (Å²) in [5, 5.41) is 3.42. The predicted octanol–water partition coefficient (Wildman–Crippen LogP) is 3.87. The number of ketones is 1. The molecule has 104 valence electrons. The van der Waals surface area contributed by atoms with E-state index in [2.05, 4.69) is 21.2 Å². The van der Waals surface area contributed by atoms with E-state index in [0.717, 1.165) is 22.9 Å². The highest BCUT2D eigenvalue weighted by atomic mass is 79.9. The number of benzene rings is 1. The summed E-state index contributed by atoms with van der Waals surface area (Å²) < 4.78 is 1.04. The zero-order chi connectivity index (χ0) is 13.7. The third kappa shape index (κ3) is 4.15. The van der Waals surface area contributed by atoms with Crippen molar-refractivity contribution in [2.75, 3.05) is 7.05 Å². The van der Waals surface area contributed by atoms with Crippen LogP contribution < -0.4 is 5.32 Å². The SMILES string of the molecule is CNC1(CC(=O)Cc2cccc(Br)c2)CCCCC1. The molecule has 1 aliphatic carbocycles. The van der Waals surface area contributed by atoms with Crippen molar-refractivity contribution in [3.8, 4) is 0 Å². The van der Waals surface area contributed by atoms with Crippen LogP contribution in [0.15, 0.2) is 28.7 Å². The summed E-state index contributed by atoms with van der Waals surface area (Å²) in [7, 11) is 2.00. The van der Waals surface area contributed by atoms with Gasteiger partial charge in [-0.25, -0.2) is 0 Å². The molecule has 2 nitrogen and oxygen atoms in total. The first-order valence-corrected chi connectivity index (χ1v) is 7.88. The summed E-state index contributed by atoms with van der Waals surface area (Å²) in [5.41, 5.74) is 1.16. The summed E-state index contributed by atoms with van der Waals surface area (Å²) in [6.07, 6.45) is 7.26. The van der Waals surface area contributed by atoms with Crippen molar-refractivity contribution >= 4 is 21.7 Å². The molecule has 1 N–H and O–H groups in total. The van der Waals surface area contributed by atoms with E-state index in [4.69, 9.17) is 0 Å². The fourth-order valence-corrected chi connectivity index (χ4v) is 3.50. The number of halogens is 1. The van der Waals surface area contributed by atoms with Gasteiger partial charge in [-0.15, -0.1) is 0 Å². The monoisotopic (exact) mass is 323 g/mol. The zero-order valence-electron chi connectivity index (χ0n) is 11.5. The fraction of sp³-hybridized carbons (Fsp3) is 0.562.